The zero-order valence-corrected chi connectivity index (χ0v) is 7.34. The molecule has 2 saturated carbocycles. The summed E-state index contributed by atoms with van der Waals surface area (Å²) in [7, 11) is 1.89. The van der Waals surface area contributed by atoms with E-state index in [9.17, 15) is 0 Å². The maximum absolute atomic E-state index is 4.10. The molecule has 0 N–H and O–H groups in total. The fourth-order valence-corrected chi connectivity index (χ4v) is 2.29. The van der Waals surface area contributed by atoms with Gasteiger partial charge >= 0.3 is 0 Å². The van der Waals surface area contributed by atoms with Crippen molar-refractivity contribution in [3.8, 4) is 0 Å². The average Bonchev–Trinajstić information content (AvgIpc) is 2.76. The predicted octanol–water partition coefficient (Wildman–Crippen LogP) is 2.66. The van der Waals surface area contributed by atoms with E-state index >= 15 is 0 Å². The van der Waals surface area contributed by atoms with Crippen LogP contribution in [0.4, 0.5) is 0 Å². The summed E-state index contributed by atoms with van der Waals surface area (Å²) in [5.41, 5.74) is 0.845. The Balaban J connectivity index is 1.84. The minimum atomic E-state index is 0.811. The van der Waals surface area contributed by atoms with Crippen LogP contribution in [0.3, 0.4) is 0 Å². The second-order valence-corrected chi connectivity index (χ2v) is 4.24. The highest BCUT2D eigenvalue weighted by molar-refractivity contribution is 5.60. The van der Waals surface area contributed by atoms with Crippen molar-refractivity contribution < 1.29 is 0 Å². The molecule has 2 aliphatic carbocycles. The van der Waals surface area contributed by atoms with Gasteiger partial charge in [-0.25, -0.2) is 0 Å². The Kier molecular flexibility index (Phi) is 1.74. The van der Waals surface area contributed by atoms with E-state index in [1.807, 2.05) is 7.05 Å². The van der Waals surface area contributed by atoms with Crippen LogP contribution >= 0.6 is 0 Å². The molecule has 0 aromatic heterocycles. The Morgan fingerprint density at radius 3 is 2.27 bits per heavy atom. The molecule has 0 saturated heterocycles. The third-order valence-electron chi connectivity index (χ3n) is 3.41. The van der Waals surface area contributed by atoms with E-state index < -0.39 is 0 Å². The molecule has 0 bridgehead atoms. The van der Waals surface area contributed by atoms with Gasteiger partial charge in [0.2, 0.25) is 0 Å². The van der Waals surface area contributed by atoms with Gasteiger partial charge < -0.3 is 4.99 Å². The SMILES string of the molecule is CN=CC1CCC2(CC1)CC2. The normalized spacial score (nSPS) is 29.9. The van der Waals surface area contributed by atoms with Gasteiger partial charge in [-0.05, 0) is 49.9 Å². The summed E-state index contributed by atoms with van der Waals surface area (Å²) < 4.78 is 0. The molecule has 0 unspecified atom stereocenters. The van der Waals surface area contributed by atoms with Crippen molar-refractivity contribution in [2.75, 3.05) is 7.05 Å². The lowest BCUT2D eigenvalue weighted by Gasteiger charge is -2.25. The Hall–Kier alpha value is -0.330. The number of rotatable bonds is 1. The first-order valence-corrected chi connectivity index (χ1v) is 4.77. The Morgan fingerprint density at radius 2 is 1.82 bits per heavy atom. The highest BCUT2D eigenvalue weighted by Crippen LogP contribution is 2.56. The fourth-order valence-electron chi connectivity index (χ4n) is 2.29. The maximum atomic E-state index is 4.10. The monoisotopic (exact) mass is 151 g/mol. The number of hydrogen-bond acceptors (Lipinski definition) is 1. The topological polar surface area (TPSA) is 12.4 Å². The van der Waals surface area contributed by atoms with Gasteiger partial charge in [-0.1, -0.05) is 0 Å². The minimum Gasteiger partial charge on any atom is -0.301 e. The summed E-state index contributed by atoms with van der Waals surface area (Å²) in [6.07, 6.45) is 10.9. The fraction of sp³-hybridized carbons (Fsp3) is 0.900. The van der Waals surface area contributed by atoms with Crippen molar-refractivity contribution in [1.29, 1.82) is 0 Å². The lowest BCUT2D eigenvalue weighted by Crippen LogP contribution is -2.15. The number of nitrogens with zero attached hydrogens (tertiary/aromatic N) is 1. The average molecular weight is 151 g/mol. The third kappa shape index (κ3) is 1.47. The lowest BCUT2D eigenvalue weighted by atomic mass is 9.80. The molecule has 0 amide bonds. The zero-order chi connectivity index (χ0) is 7.73. The first kappa shape index (κ1) is 7.33. The quantitative estimate of drug-likeness (QED) is 0.511. The summed E-state index contributed by atoms with van der Waals surface area (Å²) in [4.78, 5) is 4.10. The molecular formula is C10H17N. The molecule has 0 aromatic rings. The van der Waals surface area contributed by atoms with Crippen molar-refractivity contribution in [3.05, 3.63) is 0 Å². The van der Waals surface area contributed by atoms with Gasteiger partial charge in [0.05, 0.1) is 0 Å². The molecule has 1 nitrogen and oxygen atoms in total. The third-order valence-corrected chi connectivity index (χ3v) is 3.41. The molecule has 2 fully saturated rings. The van der Waals surface area contributed by atoms with Crippen LogP contribution < -0.4 is 0 Å². The molecular weight excluding hydrogens is 134 g/mol. The molecule has 0 radical (unpaired) electrons. The lowest BCUT2D eigenvalue weighted by molar-refractivity contribution is 0.305. The van der Waals surface area contributed by atoms with Gasteiger partial charge in [0.1, 0.15) is 0 Å². The van der Waals surface area contributed by atoms with Gasteiger partial charge in [0.25, 0.3) is 0 Å². The van der Waals surface area contributed by atoms with Crippen LogP contribution in [0.5, 0.6) is 0 Å². The molecule has 1 heteroatoms. The van der Waals surface area contributed by atoms with Crippen LogP contribution in [0, 0.1) is 11.3 Å². The van der Waals surface area contributed by atoms with E-state index in [0.717, 1.165) is 11.3 Å². The predicted molar refractivity (Wildman–Crippen MR) is 48.0 cm³/mol. The van der Waals surface area contributed by atoms with Gasteiger partial charge in [-0.15, -0.1) is 0 Å². The smallest absolute Gasteiger partial charge is 0.0273 e. The zero-order valence-electron chi connectivity index (χ0n) is 7.34. The van der Waals surface area contributed by atoms with Gasteiger partial charge in [-0.3, -0.25) is 0 Å². The van der Waals surface area contributed by atoms with E-state index in [0.29, 0.717) is 0 Å². The van der Waals surface area contributed by atoms with Crippen LogP contribution in [-0.2, 0) is 0 Å². The Morgan fingerprint density at radius 1 is 1.18 bits per heavy atom. The molecule has 2 aliphatic rings. The van der Waals surface area contributed by atoms with Gasteiger partial charge in [0, 0.05) is 13.3 Å². The van der Waals surface area contributed by atoms with Crippen molar-refractivity contribution in [3.63, 3.8) is 0 Å². The summed E-state index contributed by atoms with van der Waals surface area (Å²) in [5, 5.41) is 0. The first-order valence-electron chi connectivity index (χ1n) is 4.77. The molecule has 1 spiro atoms. The van der Waals surface area contributed by atoms with E-state index in [1.54, 1.807) is 0 Å². The maximum Gasteiger partial charge on any atom is 0.0273 e. The van der Waals surface area contributed by atoms with Crippen LogP contribution in [-0.4, -0.2) is 13.3 Å². The van der Waals surface area contributed by atoms with Crippen LogP contribution in [0.1, 0.15) is 38.5 Å². The number of hydrogen-bond donors (Lipinski definition) is 0. The molecule has 0 aliphatic heterocycles. The standard InChI is InChI=1S/C10H17N/c1-11-8-9-2-4-10(5-3-9)6-7-10/h8-9H,2-7H2,1H3. The second-order valence-electron chi connectivity index (χ2n) is 4.24. The molecule has 11 heavy (non-hydrogen) atoms. The molecule has 0 aromatic carbocycles. The molecule has 0 heterocycles. The van der Waals surface area contributed by atoms with Gasteiger partial charge in [0.15, 0.2) is 0 Å². The summed E-state index contributed by atoms with van der Waals surface area (Å²) in [5.74, 6) is 0.811. The first-order chi connectivity index (χ1) is 5.35. The van der Waals surface area contributed by atoms with Crippen molar-refractivity contribution in [1.82, 2.24) is 0 Å². The highest BCUT2D eigenvalue weighted by Gasteiger charge is 2.44. The number of aliphatic imine (C=N–C) groups is 1. The molecule has 0 atom stereocenters. The Labute approximate surface area is 68.9 Å². The summed E-state index contributed by atoms with van der Waals surface area (Å²) >= 11 is 0. The van der Waals surface area contributed by atoms with E-state index in [1.165, 1.54) is 38.5 Å². The summed E-state index contributed by atoms with van der Waals surface area (Å²) in [6, 6.07) is 0. The van der Waals surface area contributed by atoms with Crippen LogP contribution in [0.25, 0.3) is 0 Å². The Bertz CT molecular complexity index is 158. The van der Waals surface area contributed by atoms with E-state index in [2.05, 4.69) is 11.2 Å². The van der Waals surface area contributed by atoms with E-state index in [4.69, 9.17) is 0 Å². The highest BCUT2D eigenvalue weighted by atomic mass is 14.6. The van der Waals surface area contributed by atoms with E-state index in [-0.39, 0.29) is 0 Å². The van der Waals surface area contributed by atoms with Crippen LogP contribution in [0.2, 0.25) is 0 Å². The molecule has 62 valence electrons. The minimum absolute atomic E-state index is 0.811. The largest absolute Gasteiger partial charge is 0.301 e. The van der Waals surface area contributed by atoms with Crippen molar-refractivity contribution in [2.45, 2.75) is 38.5 Å². The summed E-state index contributed by atoms with van der Waals surface area (Å²) in [6.45, 7) is 0. The van der Waals surface area contributed by atoms with Crippen molar-refractivity contribution >= 4 is 6.21 Å². The second kappa shape index (κ2) is 2.62. The van der Waals surface area contributed by atoms with Crippen molar-refractivity contribution in [2.24, 2.45) is 16.3 Å². The van der Waals surface area contributed by atoms with Crippen LogP contribution in [0.15, 0.2) is 4.99 Å². The molecule has 2 rings (SSSR count). The van der Waals surface area contributed by atoms with Gasteiger partial charge in [-0.2, -0.15) is 0 Å².